The van der Waals surface area contributed by atoms with Crippen molar-refractivity contribution in [2.45, 2.75) is 51.5 Å². The molecule has 1 fully saturated rings. The first-order chi connectivity index (χ1) is 8.77. The van der Waals surface area contributed by atoms with Gasteiger partial charge in [-0.2, -0.15) is 11.8 Å². The van der Waals surface area contributed by atoms with E-state index in [0.29, 0.717) is 0 Å². The van der Waals surface area contributed by atoms with E-state index >= 15 is 0 Å². The maximum atomic E-state index is 3.66. The summed E-state index contributed by atoms with van der Waals surface area (Å²) in [4.78, 5) is 2.52. The molecule has 0 aromatic rings. The lowest BCUT2D eigenvalue weighted by atomic mass is 9.89. The van der Waals surface area contributed by atoms with Gasteiger partial charge in [-0.1, -0.05) is 26.2 Å². The second kappa shape index (κ2) is 10.1. The lowest BCUT2D eigenvalue weighted by molar-refractivity contribution is 0.250. The summed E-state index contributed by atoms with van der Waals surface area (Å²) in [6.07, 6.45) is 10.7. The Bertz CT molecular complexity index is 193. The maximum absolute atomic E-state index is 3.66. The van der Waals surface area contributed by atoms with Crippen molar-refractivity contribution in [3.8, 4) is 0 Å². The Morgan fingerprint density at radius 1 is 1.28 bits per heavy atom. The normalized spacial score (nSPS) is 19.3. The summed E-state index contributed by atoms with van der Waals surface area (Å²) < 4.78 is 0. The number of thioether (sulfide) groups is 1. The molecule has 1 aliphatic rings. The van der Waals surface area contributed by atoms with Crippen LogP contribution in [0.5, 0.6) is 0 Å². The summed E-state index contributed by atoms with van der Waals surface area (Å²) in [5.41, 5.74) is 0. The van der Waals surface area contributed by atoms with Gasteiger partial charge in [0.05, 0.1) is 0 Å². The highest BCUT2D eigenvalue weighted by Gasteiger charge is 2.14. The zero-order valence-corrected chi connectivity index (χ0v) is 13.4. The van der Waals surface area contributed by atoms with Crippen LogP contribution >= 0.6 is 11.8 Å². The molecular formula is C15H32N2S. The zero-order valence-electron chi connectivity index (χ0n) is 12.6. The summed E-state index contributed by atoms with van der Waals surface area (Å²) in [7, 11) is 2.27. The Hall–Kier alpha value is 0.270. The summed E-state index contributed by atoms with van der Waals surface area (Å²) in [5, 5.41) is 3.66. The molecule has 1 rings (SSSR count). The topological polar surface area (TPSA) is 15.3 Å². The molecule has 0 aromatic heterocycles. The van der Waals surface area contributed by atoms with Crippen LogP contribution < -0.4 is 5.32 Å². The number of rotatable bonds is 9. The van der Waals surface area contributed by atoms with Gasteiger partial charge in [0, 0.05) is 24.9 Å². The Kier molecular flexibility index (Phi) is 9.16. The predicted molar refractivity (Wildman–Crippen MR) is 84.5 cm³/mol. The van der Waals surface area contributed by atoms with Gasteiger partial charge < -0.3 is 10.2 Å². The van der Waals surface area contributed by atoms with Gasteiger partial charge in [0.2, 0.25) is 0 Å². The molecule has 2 nitrogen and oxygen atoms in total. The van der Waals surface area contributed by atoms with E-state index in [1.54, 1.807) is 0 Å². The van der Waals surface area contributed by atoms with Crippen molar-refractivity contribution < 1.29 is 0 Å². The molecule has 0 bridgehead atoms. The first kappa shape index (κ1) is 16.3. The third kappa shape index (κ3) is 6.44. The molecule has 0 amide bonds. The molecule has 1 aliphatic carbocycles. The molecule has 0 heterocycles. The zero-order chi connectivity index (χ0) is 13.2. The minimum absolute atomic E-state index is 0.747. The van der Waals surface area contributed by atoms with Gasteiger partial charge in [-0.25, -0.2) is 0 Å². The van der Waals surface area contributed by atoms with E-state index in [4.69, 9.17) is 0 Å². The average molecular weight is 273 g/mol. The van der Waals surface area contributed by atoms with E-state index < -0.39 is 0 Å². The number of hydrogen-bond acceptors (Lipinski definition) is 3. The van der Waals surface area contributed by atoms with Crippen LogP contribution in [0.3, 0.4) is 0 Å². The number of likely N-dealkylation sites (N-methyl/N-ethyl adjacent to an activating group) is 1. The SMILES string of the molecule is CCC(CSC)N(C)CCNCC1CCCCC1. The molecule has 1 N–H and O–H groups in total. The van der Waals surface area contributed by atoms with E-state index in [1.165, 1.54) is 57.4 Å². The van der Waals surface area contributed by atoms with Crippen LogP contribution in [0.1, 0.15) is 45.4 Å². The first-order valence-corrected chi connectivity index (χ1v) is 9.07. The lowest BCUT2D eigenvalue weighted by Gasteiger charge is -2.27. The maximum Gasteiger partial charge on any atom is 0.0181 e. The molecule has 0 radical (unpaired) electrons. The Balaban J connectivity index is 2.05. The van der Waals surface area contributed by atoms with E-state index in [-0.39, 0.29) is 0 Å². The van der Waals surface area contributed by atoms with Crippen LogP contribution in [0.15, 0.2) is 0 Å². The molecule has 0 spiro atoms. The summed E-state index contributed by atoms with van der Waals surface area (Å²) in [5.74, 6) is 2.22. The third-order valence-electron chi connectivity index (χ3n) is 4.25. The lowest BCUT2D eigenvalue weighted by Crippen LogP contribution is -2.39. The Morgan fingerprint density at radius 3 is 2.61 bits per heavy atom. The van der Waals surface area contributed by atoms with E-state index in [9.17, 15) is 0 Å². The monoisotopic (exact) mass is 272 g/mol. The molecule has 1 atom stereocenters. The van der Waals surface area contributed by atoms with Gasteiger partial charge in [0.25, 0.3) is 0 Å². The fourth-order valence-corrected chi connectivity index (χ4v) is 3.76. The van der Waals surface area contributed by atoms with Crippen molar-refractivity contribution in [1.82, 2.24) is 10.2 Å². The van der Waals surface area contributed by atoms with Gasteiger partial charge in [0.15, 0.2) is 0 Å². The summed E-state index contributed by atoms with van der Waals surface area (Å²) >= 11 is 1.96. The van der Waals surface area contributed by atoms with Gasteiger partial charge in [-0.15, -0.1) is 0 Å². The summed E-state index contributed by atoms with van der Waals surface area (Å²) in [6, 6.07) is 0.747. The molecule has 3 heteroatoms. The molecular weight excluding hydrogens is 240 g/mol. The number of hydrogen-bond donors (Lipinski definition) is 1. The highest BCUT2D eigenvalue weighted by molar-refractivity contribution is 7.98. The molecule has 0 aliphatic heterocycles. The number of nitrogens with zero attached hydrogens (tertiary/aromatic N) is 1. The van der Waals surface area contributed by atoms with Crippen LogP contribution in [-0.2, 0) is 0 Å². The minimum atomic E-state index is 0.747. The molecule has 18 heavy (non-hydrogen) atoms. The van der Waals surface area contributed by atoms with Crippen LogP contribution in [0.25, 0.3) is 0 Å². The van der Waals surface area contributed by atoms with Gasteiger partial charge in [0.1, 0.15) is 0 Å². The quantitative estimate of drug-likeness (QED) is 0.649. The van der Waals surface area contributed by atoms with Crippen molar-refractivity contribution >= 4 is 11.8 Å². The molecule has 0 aromatic carbocycles. The van der Waals surface area contributed by atoms with E-state index in [2.05, 4.69) is 30.4 Å². The van der Waals surface area contributed by atoms with Crippen molar-refractivity contribution in [2.75, 3.05) is 38.7 Å². The molecule has 108 valence electrons. The molecule has 1 saturated carbocycles. The van der Waals surface area contributed by atoms with Crippen LogP contribution in [0, 0.1) is 5.92 Å². The highest BCUT2D eigenvalue weighted by atomic mass is 32.2. The third-order valence-corrected chi connectivity index (χ3v) is 4.97. The smallest absolute Gasteiger partial charge is 0.0181 e. The number of nitrogens with one attached hydrogen (secondary N) is 1. The van der Waals surface area contributed by atoms with Gasteiger partial charge >= 0.3 is 0 Å². The van der Waals surface area contributed by atoms with E-state index in [0.717, 1.165) is 18.5 Å². The second-order valence-electron chi connectivity index (χ2n) is 5.71. The largest absolute Gasteiger partial charge is 0.315 e. The fraction of sp³-hybridized carbons (Fsp3) is 1.00. The second-order valence-corrected chi connectivity index (χ2v) is 6.62. The Morgan fingerprint density at radius 2 is 2.00 bits per heavy atom. The van der Waals surface area contributed by atoms with Gasteiger partial charge in [-0.3, -0.25) is 0 Å². The van der Waals surface area contributed by atoms with Crippen LogP contribution in [-0.4, -0.2) is 49.6 Å². The molecule has 1 unspecified atom stereocenters. The van der Waals surface area contributed by atoms with Gasteiger partial charge in [-0.05, 0) is 45.0 Å². The standard InChI is InChI=1S/C15H32N2S/c1-4-15(13-18-3)17(2)11-10-16-12-14-8-6-5-7-9-14/h14-16H,4-13H2,1-3H3. The van der Waals surface area contributed by atoms with Crippen molar-refractivity contribution in [3.05, 3.63) is 0 Å². The van der Waals surface area contributed by atoms with Crippen LogP contribution in [0.4, 0.5) is 0 Å². The average Bonchev–Trinajstić information content (AvgIpc) is 2.42. The summed E-state index contributed by atoms with van der Waals surface area (Å²) in [6.45, 7) is 5.88. The fourth-order valence-electron chi connectivity index (χ4n) is 2.88. The predicted octanol–water partition coefficient (Wildman–Crippen LogP) is 3.23. The van der Waals surface area contributed by atoms with Crippen molar-refractivity contribution in [2.24, 2.45) is 5.92 Å². The minimum Gasteiger partial charge on any atom is -0.315 e. The first-order valence-electron chi connectivity index (χ1n) is 7.67. The highest BCUT2D eigenvalue weighted by Crippen LogP contribution is 2.22. The van der Waals surface area contributed by atoms with Crippen molar-refractivity contribution in [1.29, 1.82) is 0 Å². The molecule has 0 saturated heterocycles. The van der Waals surface area contributed by atoms with Crippen molar-refractivity contribution in [3.63, 3.8) is 0 Å². The van der Waals surface area contributed by atoms with Crippen LogP contribution in [0.2, 0.25) is 0 Å². The van der Waals surface area contributed by atoms with E-state index in [1.807, 2.05) is 11.8 Å². The Labute approximate surface area is 118 Å².